The normalized spacial score (nSPS) is 10.9. The molecule has 0 amide bonds. The molecule has 0 saturated carbocycles. The number of hydrogen-bond acceptors (Lipinski definition) is 3. The summed E-state index contributed by atoms with van der Waals surface area (Å²) in [6, 6.07) is 9.24. The third kappa shape index (κ3) is 3.32. The van der Waals surface area contributed by atoms with Crippen LogP contribution in [0, 0.1) is 0 Å². The van der Waals surface area contributed by atoms with Gasteiger partial charge in [0.2, 0.25) is 5.12 Å². The predicted molar refractivity (Wildman–Crippen MR) is 70.6 cm³/mol. The first-order chi connectivity index (χ1) is 8.25. The molecule has 0 radical (unpaired) electrons. The summed E-state index contributed by atoms with van der Waals surface area (Å²) in [6.45, 7) is 0. The zero-order valence-electron chi connectivity index (χ0n) is 9.41. The first kappa shape index (κ1) is 11.7. The molecule has 0 unspecified atom stereocenters. The van der Waals surface area contributed by atoms with E-state index in [1.807, 2.05) is 49.7 Å². The minimum atomic E-state index is 0.0470. The number of thioether (sulfide) groups is 1. The largest absolute Gasteiger partial charge is 0.281 e. The second kappa shape index (κ2) is 5.50. The van der Waals surface area contributed by atoms with Crippen molar-refractivity contribution in [3.05, 3.63) is 59.3 Å². The Bertz CT molecular complexity index is 531. The summed E-state index contributed by atoms with van der Waals surface area (Å²) in [5.41, 5.74) is 1.70. The third-order valence-corrected chi connectivity index (χ3v) is 2.89. The molecule has 0 spiro atoms. The van der Waals surface area contributed by atoms with Crippen molar-refractivity contribution in [3.8, 4) is 0 Å². The van der Waals surface area contributed by atoms with Gasteiger partial charge in [0, 0.05) is 24.4 Å². The molecule has 0 N–H and O–H groups in total. The number of benzene rings is 1. The molecular formula is C13H12N2OS. The molecule has 2 aromatic rings. The highest BCUT2D eigenvalue weighted by Gasteiger charge is 2.02. The lowest BCUT2D eigenvalue weighted by atomic mass is 10.2. The molecule has 3 nitrogen and oxygen atoms in total. The molecule has 2 rings (SSSR count). The molecule has 0 aliphatic carbocycles. The van der Waals surface area contributed by atoms with E-state index in [4.69, 9.17) is 0 Å². The third-order valence-electron chi connectivity index (χ3n) is 2.17. The Morgan fingerprint density at radius 3 is 2.76 bits per heavy atom. The van der Waals surface area contributed by atoms with Crippen LogP contribution in [-0.4, -0.2) is 14.9 Å². The molecule has 0 saturated heterocycles. The number of carbonyl (C=O) groups is 1. The van der Waals surface area contributed by atoms with Crippen LogP contribution >= 0.6 is 11.8 Å². The molecule has 86 valence electrons. The lowest BCUT2D eigenvalue weighted by Gasteiger charge is -1.94. The van der Waals surface area contributed by atoms with Crippen LogP contribution in [0.5, 0.6) is 0 Å². The van der Waals surface area contributed by atoms with Gasteiger partial charge in [-0.2, -0.15) is 5.10 Å². The second-order valence-electron chi connectivity index (χ2n) is 3.52. The molecule has 4 heteroatoms. The minimum absolute atomic E-state index is 0.0470. The van der Waals surface area contributed by atoms with Crippen LogP contribution < -0.4 is 0 Å². The summed E-state index contributed by atoms with van der Waals surface area (Å²) in [4.78, 5) is 11.7. The van der Waals surface area contributed by atoms with Crippen molar-refractivity contribution in [2.24, 2.45) is 7.05 Å². The number of hydrogen-bond donors (Lipinski definition) is 0. The van der Waals surface area contributed by atoms with Crippen molar-refractivity contribution in [1.29, 1.82) is 0 Å². The molecule has 1 aromatic carbocycles. The van der Waals surface area contributed by atoms with Gasteiger partial charge in [0.15, 0.2) is 0 Å². The maximum atomic E-state index is 11.7. The van der Waals surface area contributed by atoms with Gasteiger partial charge in [-0.15, -0.1) is 0 Å². The summed E-state index contributed by atoms with van der Waals surface area (Å²) < 4.78 is 1.73. The topological polar surface area (TPSA) is 34.9 Å². The Hall–Kier alpha value is -1.81. The van der Waals surface area contributed by atoms with Crippen molar-refractivity contribution in [2.75, 3.05) is 0 Å². The zero-order chi connectivity index (χ0) is 12.1. The molecule has 0 atom stereocenters. The molecular weight excluding hydrogens is 232 g/mol. The van der Waals surface area contributed by atoms with E-state index in [2.05, 4.69) is 5.10 Å². The smallest absolute Gasteiger partial charge is 0.223 e. The number of nitrogens with zero attached hydrogens (tertiary/aromatic N) is 2. The summed E-state index contributed by atoms with van der Waals surface area (Å²) >= 11 is 1.18. The first-order valence-corrected chi connectivity index (χ1v) is 6.05. The van der Waals surface area contributed by atoms with Crippen LogP contribution in [0.25, 0.3) is 6.08 Å². The highest BCUT2D eigenvalue weighted by atomic mass is 32.2. The van der Waals surface area contributed by atoms with E-state index in [9.17, 15) is 4.79 Å². The number of aryl methyl sites for hydroxylation is 1. The van der Waals surface area contributed by atoms with Gasteiger partial charge in [-0.25, -0.2) is 0 Å². The predicted octanol–water partition coefficient (Wildman–Crippen LogP) is 2.96. The molecule has 0 aliphatic rings. The maximum Gasteiger partial charge on any atom is 0.223 e. The van der Waals surface area contributed by atoms with Gasteiger partial charge in [-0.05, 0) is 11.5 Å². The summed E-state index contributed by atoms with van der Waals surface area (Å²) in [6.07, 6.45) is 5.52. The average Bonchev–Trinajstić information content (AvgIpc) is 2.76. The monoisotopic (exact) mass is 244 g/mol. The summed E-state index contributed by atoms with van der Waals surface area (Å²) in [7, 11) is 1.86. The summed E-state index contributed by atoms with van der Waals surface area (Å²) in [5, 5.41) is 5.87. The molecule has 1 heterocycles. The number of rotatable bonds is 3. The molecule has 0 bridgehead atoms. The van der Waals surface area contributed by atoms with Crippen molar-refractivity contribution in [2.45, 2.75) is 0 Å². The van der Waals surface area contributed by atoms with Crippen LogP contribution in [0.3, 0.4) is 0 Å². The maximum absolute atomic E-state index is 11.7. The van der Waals surface area contributed by atoms with E-state index >= 15 is 0 Å². The van der Waals surface area contributed by atoms with E-state index in [0.717, 1.165) is 5.56 Å². The van der Waals surface area contributed by atoms with E-state index in [1.54, 1.807) is 16.3 Å². The Labute approximate surface area is 104 Å². The lowest BCUT2D eigenvalue weighted by molar-refractivity contribution is 0.109. The molecule has 0 fully saturated rings. The van der Waals surface area contributed by atoms with Gasteiger partial charge >= 0.3 is 0 Å². The fourth-order valence-corrected chi connectivity index (χ4v) is 1.96. The van der Waals surface area contributed by atoms with Crippen LogP contribution in [0.15, 0.2) is 48.1 Å². The molecule has 17 heavy (non-hydrogen) atoms. The van der Waals surface area contributed by atoms with Gasteiger partial charge in [0.1, 0.15) is 0 Å². The Balaban J connectivity index is 1.95. The van der Waals surface area contributed by atoms with Crippen LogP contribution in [-0.2, 0) is 7.05 Å². The van der Waals surface area contributed by atoms with E-state index in [0.29, 0.717) is 5.56 Å². The van der Waals surface area contributed by atoms with Gasteiger partial charge in [-0.1, -0.05) is 42.1 Å². The second-order valence-corrected chi connectivity index (χ2v) is 4.40. The van der Waals surface area contributed by atoms with Crippen LogP contribution in [0.4, 0.5) is 0 Å². The quantitative estimate of drug-likeness (QED) is 0.832. The lowest BCUT2D eigenvalue weighted by Crippen LogP contribution is -1.89. The molecule has 0 aliphatic heterocycles. The summed E-state index contributed by atoms with van der Waals surface area (Å²) in [5.74, 6) is 0. The van der Waals surface area contributed by atoms with Gasteiger partial charge in [-0.3, -0.25) is 9.48 Å². The zero-order valence-corrected chi connectivity index (χ0v) is 10.2. The molecule has 1 aromatic heterocycles. The van der Waals surface area contributed by atoms with E-state index < -0.39 is 0 Å². The fraction of sp³-hybridized carbons (Fsp3) is 0.0769. The van der Waals surface area contributed by atoms with Crippen molar-refractivity contribution in [3.63, 3.8) is 0 Å². The first-order valence-electron chi connectivity index (χ1n) is 5.17. The number of aromatic nitrogens is 2. The van der Waals surface area contributed by atoms with E-state index in [-0.39, 0.29) is 5.12 Å². The van der Waals surface area contributed by atoms with E-state index in [1.165, 1.54) is 11.8 Å². The van der Waals surface area contributed by atoms with Gasteiger partial charge in [0.05, 0.1) is 6.20 Å². The van der Waals surface area contributed by atoms with Crippen LogP contribution in [0.1, 0.15) is 15.9 Å². The van der Waals surface area contributed by atoms with Crippen molar-refractivity contribution >= 4 is 23.0 Å². The standard InChI is InChI=1S/C13H12N2OS/c1-15-10-11(9-14-15)7-8-17-13(16)12-5-3-2-4-6-12/h2-10H,1H3/b8-7-. The Morgan fingerprint density at radius 2 is 2.12 bits per heavy atom. The Kier molecular flexibility index (Phi) is 3.77. The van der Waals surface area contributed by atoms with Crippen molar-refractivity contribution < 1.29 is 4.79 Å². The van der Waals surface area contributed by atoms with Gasteiger partial charge < -0.3 is 0 Å². The fourth-order valence-electron chi connectivity index (χ4n) is 1.34. The van der Waals surface area contributed by atoms with Crippen molar-refractivity contribution in [1.82, 2.24) is 9.78 Å². The highest BCUT2D eigenvalue weighted by Crippen LogP contribution is 2.14. The number of carbonyl (C=O) groups excluding carboxylic acids is 1. The average molecular weight is 244 g/mol. The van der Waals surface area contributed by atoms with Crippen LogP contribution in [0.2, 0.25) is 0 Å². The Morgan fingerprint density at radius 1 is 1.35 bits per heavy atom. The SMILES string of the molecule is Cn1cc(/C=C\SC(=O)c2ccccc2)cn1. The highest BCUT2D eigenvalue weighted by molar-refractivity contribution is 8.16. The minimum Gasteiger partial charge on any atom is -0.281 e. The van der Waals surface area contributed by atoms with Gasteiger partial charge in [0.25, 0.3) is 0 Å².